The molecule has 3 heterocycles. The molecule has 0 amide bonds. The molecule has 3 aromatic heterocycles. The van der Waals surface area contributed by atoms with Crippen LogP contribution in [0, 0.1) is 0 Å². The molecule has 6 nitrogen and oxygen atoms in total. The van der Waals surface area contributed by atoms with E-state index in [1.54, 1.807) is 24.5 Å². The molecule has 8 aromatic rings. The molecule has 0 bridgehead atoms. The molecule has 0 fully saturated rings. The molecule has 0 radical (unpaired) electrons. The number of halogens is 3. The van der Waals surface area contributed by atoms with Crippen molar-refractivity contribution in [2.45, 2.75) is 31.2 Å². The van der Waals surface area contributed by atoms with Crippen molar-refractivity contribution in [3.05, 3.63) is 205 Å². The van der Waals surface area contributed by atoms with Gasteiger partial charge in [-0.25, -0.2) is 0 Å². The van der Waals surface area contributed by atoms with Crippen LogP contribution in [0.25, 0.3) is 56.0 Å². The zero-order valence-electron chi connectivity index (χ0n) is 32.3. The Labute approximate surface area is 347 Å². The van der Waals surface area contributed by atoms with Crippen LogP contribution in [0.2, 0.25) is 0 Å². The van der Waals surface area contributed by atoms with E-state index in [4.69, 9.17) is 0 Å². The van der Waals surface area contributed by atoms with Crippen molar-refractivity contribution in [3.8, 4) is 61.8 Å². The summed E-state index contributed by atoms with van der Waals surface area (Å²) >= 11 is 0. The molecule has 0 aliphatic heterocycles. The van der Waals surface area contributed by atoms with Crippen molar-refractivity contribution in [1.29, 1.82) is 0 Å². The van der Waals surface area contributed by atoms with Crippen LogP contribution in [0.5, 0.6) is 5.75 Å². The molecule has 0 N–H and O–H groups in total. The summed E-state index contributed by atoms with van der Waals surface area (Å²) < 4.78 is 66.4. The molecule has 0 spiro atoms. The second-order valence-corrected chi connectivity index (χ2v) is 15.9. The van der Waals surface area contributed by atoms with Gasteiger partial charge in [-0.1, -0.05) is 127 Å². The van der Waals surface area contributed by atoms with Gasteiger partial charge in [-0.2, -0.15) is 21.6 Å². The summed E-state index contributed by atoms with van der Waals surface area (Å²) in [5.74, 6) is -0.481. The Morgan fingerprint density at radius 2 is 0.850 bits per heavy atom. The first-order valence-electron chi connectivity index (χ1n) is 19.4. The maximum absolute atomic E-state index is 13.0. The van der Waals surface area contributed by atoms with Crippen molar-refractivity contribution in [2.24, 2.45) is 0 Å². The minimum atomic E-state index is -5.82. The average Bonchev–Trinajstić information content (AvgIpc) is 3.28. The van der Waals surface area contributed by atoms with E-state index >= 15 is 0 Å². The molecule has 0 aliphatic rings. The first kappa shape index (κ1) is 39.9. The second-order valence-electron chi connectivity index (χ2n) is 14.3. The summed E-state index contributed by atoms with van der Waals surface area (Å²) in [5.41, 5.74) is 8.36. The van der Waals surface area contributed by atoms with E-state index in [0.717, 1.165) is 76.5 Å². The van der Waals surface area contributed by atoms with E-state index in [0.29, 0.717) is 5.56 Å². The minimum absolute atomic E-state index is 0.264. The maximum atomic E-state index is 13.0. The number of benzene rings is 5. The Bertz CT molecular complexity index is 2710. The highest BCUT2D eigenvalue weighted by Crippen LogP contribution is 2.36. The fourth-order valence-electron chi connectivity index (χ4n) is 7.14. The Morgan fingerprint density at radius 1 is 0.417 bits per heavy atom. The zero-order chi connectivity index (χ0) is 41.5. The normalized spacial score (nSPS) is 11.7. The molecule has 298 valence electrons. The largest absolute Gasteiger partial charge is 0.534 e. The summed E-state index contributed by atoms with van der Waals surface area (Å²) in [6.45, 7) is 0. The van der Waals surface area contributed by atoms with Crippen LogP contribution < -0.4 is 4.18 Å². The van der Waals surface area contributed by atoms with E-state index in [1.165, 1.54) is 34.5 Å². The van der Waals surface area contributed by atoms with Crippen molar-refractivity contribution in [1.82, 2.24) is 15.0 Å². The summed E-state index contributed by atoms with van der Waals surface area (Å²) in [4.78, 5) is 13.2. The van der Waals surface area contributed by atoms with Gasteiger partial charge in [0.2, 0.25) is 0 Å². The molecular formula is C50H38F3N3O3S. The van der Waals surface area contributed by atoms with E-state index in [9.17, 15) is 21.6 Å². The first-order valence-corrected chi connectivity index (χ1v) is 20.8. The maximum Gasteiger partial charge on any atom is 0.534 e. The van der Waals surface area contributed by atoms with Gasteiger partial charge < -0.3 is 4.18 Å². The van der Waals surface area contributed by atoms with Gasteiger partial charge >= 0.3 is 15.6 Å². The van der Waals surface area contributed by atoms with E-state index in [1.807, 2.05) is 60.7 Å². The van der Waals surface area contributed by atoms with Gasteiger partial charge in [-0.05, 0) is 94.5 Å². The highest BCUT2D eigenvalue weighted by atomic mass is 32.2. The van der Waals surface area contributed by atoms with E-state index in [-0.39, 0.29) is 5.69 Å². The lowest BCUT2D eigenvalue weighted by Gasteiger charge is -2.15. The van der Waals surface area contributed by atoms with E-state index < -0.39 is 21.4 Å². The zero-order valence-corrected chi connectivity index (χ0v) is 33.1. The second kappa shape index (κ2) is 17.5. The number of aryl methyl sites for hydroxylation is 4. The lowest BCUT2D eigenvalue weighted by atomic mass is 9.90. The van der Waals surface area contributed by atoms with Crippen molar-refractivity contribution >= 4 is 10.1 Å². The quantitative estimate of drug-likeness (QED) is 0.0851. The van der Waals surface area contributed by atoms with Gasteiger partial charge in [0.1, 0.15) is 5.75 Å². The molecule has 0 unspecified atom stereocenters. The van der Waals surface area contributed by atoms with Crippen molar-refractivity contribution in [3.63, 3.8) is 0 Å². The average molecular weight is 818 g/mol. The standard InChI is InChI=1S/C50H38F3N3O3S/c51-50(52,53)60(57,58)59-44-27-30-56-49(34-44)42-25-23-39(24-26-42)45-7-1-2-8-46(45)43-32-37(13-11-35-15-19-40(20-16-35)47-9-3-5-28-54-47)31-38(33-43)14-12-36-17-21-41(22-18-36)48-10-4-6-29-55-48/h1-10,15-34H,11-14H2. The SMILES string of the molecule is O=S(=O)(Oc1ccnc(-c2ccc(-c3ccccc3-c3cc(CCc4ccc(-c5ccccn5)cc4)cc(CCc4ccc(-c5ccccn5)cc4)c3)cc2)c1)C(F)(F)F. The van der Waals surface area contributed by atoms with Crippen LogP contribution in [0.3, 0.4) is 0 Å². The van der Waals surface area contributed by atoms with Crippen LogP contribution in [0.15, 0.2) is 182 Å². The van der Waals surface area contributed by atoms with Gasteiger partial charge in [0, 0.05) is 47.4 Å². The number of pyridine rings is 3. The minimum Gasteiger partial charge on any atom is -0.376 e. The highest BCUT2D eigenvalue weighted by molar-refractivity contribution is 7.88. The molecule has 10 heteroatoms. The molecule has 8 rings (SSSR count). The molecular weight excluding hydrogens is 780 g/mol. The van der Waals surface area contributed by atoms with Crippen molar-refractivity contribution in [2.75, 3.05) is 0 Å². The predicted molar refractivity (Wildman–Crippen MR) is 230 cm³/mol. The first-order chi connectivity index (χ1) is 29.1. The number of nitrogens with zero attached hydrogens (tertiary/aromatic N) is 3. The van der Waals surface area contributed by atoms with E-state index in [2.05, 4.69) is 98.0 Å². The Balaban J connectivity index is 1.06. The van der Waals surface area contributed by atoms with Gasteiger partial charge in [0.15, 0.2) is 0 Å². The third-order valence-corrected chi connectivity index (χ3v) is 11.2. The number of rotatable bonds is 13. The fraction of sp³-hybridized carbons (Fsp3) is 0.100. The lowest BCUT2D eigenvalue weighted by Crippen LogP contribution is -2.28. The Morgan fingerprint density at radius 3 is 1.35 bits per heavy atom. The topological polar surface area (TPSA) is 82.0 Å². The molecule has 5 aromatic carbocycles. The molecule has 0 saturated heterocycles. The van der Waals surface area contributed by atoms with Crippen LogP contribution in [-0.4, -0.2) is 28.9 Å². The molecule has 0 saturated carbocycles. The fourth-order valence-corrected chi connectivity index (χ4v) is 7.59. The summed E-state index contributed by atoms with van der Waals surface area (Å²) in [5, 5.41) is 0. The molecule has 0 atom stereocenters. The summed E-state index contributed by atoms with van der Waals surface area (Å²) in [6.07, 6.45) is 8.24. The van der Waals surface area contributed by atoms with Crippen LogP contribution in [0.1, 0.15) is 22.3 Å². The molecule has 0 aliphatic carbocycles. The number of aromatic nitrogens is 3. The Kier molecular flexibility index (Phi) is 11.7. The molecule has 60 heavy (non-hydrogen) atoms. The third kappa shape index (κ3) is 9.51. The van der Waals surface area contributed by atoms with Crippen molar-refractivity contribution < 1.29 is 25.8 Å². The monoisotopic (exact) mass is 817 g/mol. The van der Waals surface area contributed by atoms with Crippen LogP contribution in [-0.2, 0) is 35.8 Å². The van der Waals surface area contributed by atoms with Gasteiger partial charge in [-0.15, -0.1) is 0 Å². The van der Waals surface area contributed by atoms with Gasteiger partial charge in [0.25, 0.3) is 0 Å². The smallest absolute Gasteiger partial charge is 0.376 e. The van der Waals surface area contributed by atoms with Gasteiger partial charge in [0.05, 0.1) is 17.1 Å². The van der Waals surface area contributed by atoms with Crippen LogP contribution in [0.4, 0.5) is 13.2 Å². The third-order valence-electron chi connectivity index (χ3n) is 10.2. The Hall–Kier alpha value is -6.91. The number of hydrogen-bond acceptors (Lipinski definition) is 6. The summed E-state index contributed by atoms with van der Waals surface area (Å²) in [6, 6.07) is 53.7. The van der Waals surface area contributed by atoms with Crippen LogP contribution >= 0.6 is 0 Å². The summed E-state index contributed by atoms with van der Waals surface area (Å²) in [7, 11) is -5.82. The number of alkyl halides is 3. The number of hydrogen-bond donors (Lipinski definition) is 0. The highest BCUT2D eigenvalue weighted by Gasteiger charge is 2.48. The lowest BCUT2D eigenvalue weighted by molar-refractivity contribution is -0.0500. The van der Waals surface area contributed by atoms with Gasteiger partial charge in [-0.3, -0.25) is 15.0 Å². The predicted octanol–water partition coefficient (Wildman–Crippen LogP) is 12.0.